The van der Waals surface area contributed by atoms with Crippen molar-refractivity contribution >= 4 is 22.6 Å². The SMILES string of the molecule is CNCCC(Oc1cncc(C)c1I)c1ccccc1. The van der Waals surface area contributed by atoms with E-state index in [2.05, 4.69) is 45.0 Å². The number of benzene rings is 1. The van der Waals surface area contributed by atoms with E-state index in [0.29, 0.717) is 0 Å². The van der Waals surface area contributed by atoms with E-state index in [1.54, 1.807) is 6.20 Å². The minimum Gasteiger partial charge on any atom is -0.483 e. The third-order valence-corrected chi connectivity index (χ3v) is 4.50. The normalized spacial score (nSPS) is 12.2. The molecule has 1 unspecified atom stereocenters. The molecular weight excluding hydrogens is 363 g/mol. The number of halogens is 1. The first kappa shape index (κ1) is 15.3. The predicted octanol–water partition coefficient (Wildman–Crippen LogP) is 3.72. The fraction of sp³-hybridized carbons (Fsp3) is 0.312. The lowest BCUT2D eigenvalue weighted by atomic mass is 10.1. The second kappa shape index (κ2) is 7.59. The van der Waals surface area contributed by atoms with Gasteiger partial charge in [-0.25, -0.2) is 0 Å². The third-order valence-electron chi connectivity index (χ3n) is 3.12. The van der Waals surface area contributed by atoms with Crippen LogP contribution in [0.15, 0.2) is 42.7 Å². The minimum absolute atomic E-state index is 0.0424. The van der Waals surface area contributed by atoms with E-state index in [-0.39, 0.29) is 6.10 Å². The van der Waals surface area contributed by atoms with E-state index in [1.807, 2.05) is 38.4 Å². The second-order valence-corrected chi connectivity index (χ2v) is 5.76. The molecule has 0 saturated carbocycles. The van der Waals surface area contributed by atoms with Crippen molar-refractivity contribution < 1.29 is 4.74 Å². The first-order chi connectivity index (χ1) is 9.72. The highest BCUT2D eigenvalue weighted by atomic mass is 127. The smallest absolute Gasteiger partial charge is 0.152 e. The Balaban J connectivity index is 2.21. The molecule has 0 bridgehead atoms. The summed E-state index contributed by atoms with van der Waals surface area (Å²) in [4.78, 5) is 4.23. The van der Waals surface area contributed by atoms with E-state index >= 15 is 0 Å². The zero-order valence-electron chi connectivity index (χ0n) is 11.8. The monoisotopic (exact) mass is 382 g/mol. The Morgan fingerprint density at radius 2 is 2.00 bits per heavy atom. The highest BCUT2D eigenvalue weighted by molar-refractivity contribution is 14.1. The van der Waals surface area contributed by atoms with E-state index in [1.165, 1.54) is 5.56 Å². The van der Waals surface area contributed by atoms with Crippen molar-refractivity contribution in [3.63, 3.8) is 0 Å². The molecule has 0 aliphatic carbocycles. The molecule has 0 saturated heterocycles. The van der Waals surface area contributed by atoms with Gasteiger partial charge in [-0.1, -0.05) is 30.3 Å². The Morgan fingerprint density at radius 1 is 1.25 bits per heavy atom. The van der Waals surface area contributed by atoms with Gasteiger partial charge in [0.15, 0.2) is 5.75 Å². The molecule has 20 heavy (non-hydrogen) atoms. The Kier molecular flexibility index (Phi) is 5.79. The number of ether oxygens (including phenoxy) is 1. The second-order valence-electron chi connectivity index (χ2n) is 4.68. The molecule has 1 N–H and O–H groups in total. The number of nitrogens with one attached hydrogen (secondary N) is 1. The molecule has 3 nitrogen and oxygen atoms in total. The summed E-state index contributed by atoms with van der Waals surface area (Å²) in [5.41, 5.74) is 2.34. The van der Waals surface area contributed by atoms with Gasteiger partial charge in [-0.15, -0.1) is 0 Å². The molecule has 1 aromatic heterocycles. The van der Waals surface area contributed by atoms with Crippen LogP contribution >= 0.6 is 22.6 Å². The summed E-state index contributed by atoms with van der Waals surface area (Å²) in [5, 5.41) is 3.18. The van der Waals surface area contributed by atoms with Crippen molar-refractivity contribution in [2.75, 3.05) is 13.6 Å². The molecule has 1 atom stereocenters. The van der Waals surface area contributed by atoms with Crippen LogP contribution in [0.25, 0.3) is 0 Å². The maximum atomic E-state index is 6.20. The average molecular weight is 382 g/mol. The lowest BCUT2D eigenvalue weighted by molar-refractivity contribution is 0.192. The van der Waals surface area contributed by atoms with Crippen LogP contribution in [-0.2, 0) is 0 Å². The summed E-state index contributed by atoms with van der Waals surface area (Å²) in [5.74, 6) is 0.857. The molecule has 0 spiro atoms. The summed E-state index contributed by atoms with van der Waals surface area (Å²) in [7, 11) is 1.96. The van der Waals surface area contributed by atoms with E-state index in [4.69, 9.17) is 4.74 Å². The van der Waals surface area contributed by atoms with E-state index in [0.717, 1.165) is 27.8 Å². The van der Waals surface area contributed by atoms with E-state index in [9.17, 15) is 0 Å². The van der Waals surface area contributed by atoms with Crippen LogP contribution in [0, 0.1) is 10.5 Å². The third kappa shape index (κ3) is 3.93. The fourth-order valence-electron chi connectivity index (χ4n) is 2.00. The lowest BCUT2D eigenvalue weighted by Gasteiger charge is -2.20. The van der Waals surface area contributed by atoms with Crippen LogP contribution in [0.2, 0.25) is 0 Å². The fourth-order valence-corrected chi connectivity index (χ4v) is 2.40. The first-order valence-electron chi connectivity index (χ1n) is 6.68. The van der Waals surface area contributed by atoms with Crippen LogP contribution in [-0.4, -0.2) is 18.6 Å². The summed E-state index contributed by atoms with van der Waals surface area (Å²) >= 11 is 2.31. The molecule has 1 heterocycles. The molecular formula is C16H19IN2O. The van der Waals surface area contributed by atoms with Gasteiger partial charge in [-0.3, -0.25) is 4.98 Å². The van der Waals surface area contributed by atoms with Gasteiger partial charge in [0.25, 0.3) is 0 Å². The molecule has 2 aromatic rings. The largest absolute Gasteiger partial charge is 0.483 e. The van der Waals surface area contributed by atoms with Crippen molar-refractivity contribution in [1.82, 2.24) is 10.3 Å². The molecule has 1 aromatic carbocycles. The Hall–Kier alpha value is -1.14. The number of hydrogen-bond acceptors (Lipinski definition) is 3. The molecule has 106 valence electrons. The Bertz CT molecular complexity index is 545. The van der Waals surface area contributed by atoms with Crippen molar-refractivity contribution in [3.8, 4) is 5.75 Å². The van der Waals surface area contributed by atoms with E-state index < -0.39 is 0 Å². The maximum absolute atomic E-state index is 6.20. The van der Waals surface area contributed by atoms with Gasteiger partial charge in [-0.2, -0.15) is 0 Å². The number of aromatic nitrogens is 1. The van der Waals surface area contributed by atoms with Gasteiger partial charge >= 0.3 is 0 Å². The summed E-state index contributed by atoms with van der Waals surface area (Å²) in [6, 6.07) is 10.3. The molecule has 0 amide bonds. The van der Waals surface area contributed by atoms with Crippen LogP contribution in [0.1, 0.15) is 23.7 Å². The molecule has 0 aliphatic heterocycles. The number of pyridine rings is 1. The maximum Gasteiger partial charge on any atom is 0.152 e. The Morgan fingerprint density at radius 3 is 2.70 bits per heavy atom. The van der Waals surface area contributed by atoms with Crippen LogP contribution in [0.4, 0.5) is 0 Å². The number of aryl methyl sites for hydroxylation is 1. The Labute approximate surface area is 133 Å². The average Bonchev–Trinajstić information content (AvgIpc) is 2.48. The van der Waals surface area contributed by atoms with Crippen LogP contribution in [0.5, 0.6) is 5.75 Å². The molecule has 4 heteroatoms. The summed E-state index contributed by atoms with van der Waals surface area (Å²) < 4.78 is 7.33. The predicted molar refractivity (Wildman–Crippen MR) is 90.0 cm³/mol. The zero-order valence-corrected chi connectivity index (χ0v) is 13.9. The lowest BCUT2D eigenvalue weighted by Crippen LogP contribution is -2.16. The minimum atomic E-state index is 0.0424. The van der Waals surface area contributed by atoms with Gasteiger partial charge in [0.2, 0.25) is 0 Å². The molecule has 2 rings (SSSR count). The molecule has 0 fully saturated rings. The van der Waals surface area contributed by atoms with Gasteiger partial charge < -0.3 is 10.1 Å². The van der Waals surface area contributed by atoms with Crippen molar-refractivity contribution in [1.29, 1.82) is 0 Å². The van der Waals surface area contributed by atoms with Crippen LogP contribution < -0.4 is 10.1 Å². The first-order valence-corrected chi connectivity index (χ1v) is 7.76. The van der Waals surface area contributed by atoms with Gasteiger partial charge in [-0.05, 0) is 54.2 Å². The van der Waals surface area contributed by atoms with Crippen molar-refractivity contribution in [2.24, 2.45) is 0 Å². The van der Waals surface area contributed by atoms with Crippen molar-refractivity contribution in [3.05, 3.63) is 57.4 Å². The standard InChI is InChI=1S/C16H19IN2O/c1-12-10-19-11-15(16(12)17)20-14(8-9-18-2)13-6-4-3-5-7-13/h3-7,10-11,14,18H,8-9H2,1-2H3. The molecule has 0 aliphatic rings. The summed E-state index contributed by atoms with van der Waals surface area (Å²) in [6.07, 6.45) is 4.62. The number of nitrogens with zero attached hydrogens (tertiary/aromatic N) is 1. The molecule has 0 radical (unpaired) electrons. The van der Waals surface area contributed by atoms with Gasteiger partial charge in [0.1, 0.15) is 6.10 Å². The highest BCUT2D eigenvalue weighted by Gasteiger charge is 2.15. The number of hydrogen-bond donors (Lipinski definition) is 1. The van der Waals surface area contributed by atoms with Crippen molar-refractivity contribution in [2.45, 2.75) is 19.4 Å². The van der Waals surface area contributed by atoms with Gasteiger partial charge in [0, 0.05) is 12.6 Å². The zero-order chi connectivity index (χ0) is 14.4. The van der Waals surface area contributed by atoms with Gasteiger partial charge in [0.05, 0.1) is 9.77 Å². The van der Waals surface area contributed by atoms with Crippen LogP contribution in [0.3, 0.4) is 0 Å². The topological polar surface area (TPSA) is 34.1 Å². The highest BCUT2D eigenvalue weighted by Crippen LogP contribution is 2.29. The quantitative estimate of drug-likeness (QED) is 0.774. The summed E-state index contributed by atoms with van der Waals surface area (Å²) in [6.45, 7) is 2.96. The number of rotatable bonds is 6.